The van der Waals surface area contributed by atoms with Crippen molar-refractivity contribution in [2.45, 2.75) is 31.0 Å². The van der Waals surface area contributed by atoms with Gasteiger partial charge in [-0.1, -0.05) is 5.21 Å². The summed E-state index contributed by atoms with van der Waals surface area (Å²) < 4.78 is 7.99. The van der Waals surface area contributed by atoms with Gasteiger partial charge in [0.05, 0.1) is 18.7 Å². The molecule has 1 fully saturated rings. The molecule has 1 aliphatic heterocycles. The second-order valence-electron chi connectivity index (χ2n) is 5.61. The summed E-state index contributed by atoms with van der Waals surface area (Å²) in [6.45, 7) is -0.447. The highest BCUT2D eigenvalue weighted by atomic mass is 16.6. The van der Waals surface area contributed by atoms with Crippen LogP contribution in [0.5, 0.6) is 0 Å². The van der Waals surface area contributed by atoms with Crippen LogP contribution in [-0.2, 0) is 18.3 Å². The van der Waals surface area contributed by atoms with Crippen molar-refractivity contribution in [1.29, 1.82) is 0 Å². The van der Waals surface area contributed by atoms with E-state index in [4.69, 9.17) is 9.84 Å². The summed E-state index contributed by atoms with van der Waals surface area (Å²) in [6.07, 6.45) is -2.04. The number of aromatic nitrogens is 5. The Morgan fingerprint density at radius 2 is 2.04 bits per heavy atom. The number of aliphatic hydroxyl groups is 3. The molecule has 4 unspecified atom stereocenters. The molecule has 4 N–H and O–H groups in total. The Bertz CT molecular complexity index is 842. The first-order valence-electron chi connectivity index (χ1n) is 7.22. The maximum Gasteiger partial charge on any atom is 0.328 e. The summed E-state index contributed by atoms with van der Waals surface area (Å²) >= 11 is 0. The van der Waals surface area contributed by atoms with Gasteiger partial charge in [0.25, 0.3) is 5.56 Å². The fraction of sp³-hybridized carbons (Fsp3) is 0.538. The molecule has 0 saturated carbocycles. The highest BCUT2D eigenvalue weighted by Gasteiger charge is 2.44. The van der Waals surface area contributed by atoms with Crippen molar-refractivity contribution in [2.75, 3.05) is 6.61 Å². The fourth-order valence-electron chi connectivity index (χ4n) is 2.65. The largest absolute Gasteiger partial charge is 0.394 e. The van der Waals surface area contributed by atoms with Gasteiger partial charge in [0, 0.05) is 19.4 Å². The first-order valence-corrected chi connectivity index (χ1v) is 7.22. The summed E-state index contributed by atoms with van der Waals surface area (Å²) in [5.41, 5.74) is -0.911. The second kappa shape index (κ2) is 6.28. The van der Waals surface area contributed by atoms with E-state index in [1.807, 2.05) is 0 Å². The van der Waals surface area contributed by atoms with Gasteiger partial charge in [-0.15, -0.1) is 5.10 Å². The SMILES string of the molecule is Cn1cc(Cn2cc(C3OC(CO)C(O)C3O)c(=O)[nH]c2=O)nn1. The first kappa shape index (κ1) is 16.5. The molecule has 0 radical (unpaired) electrons. The number of aromatic amines is 1. The van der Waals surface area contributed by atoms with Gasteiger partial charge in [0.2, 0.25) is 0 Å². The number of aryl methyl sites for hydroxylation is 1. The van der Waals surface area contributed by atoms with Gasteiger partial charge in [-0.2, -0.15) is 0 Å². The lowest BCUT2D eigenvalue weighted by atomic mass is 10.0. The van der Waals surface area contributed by atoms with Crippen LogP contribution in [0.3, 0.4) is 0 Å². The average molecular weight is 339 g/mol. The molecular formula is C13H17N5O6. The standard InChI is InChI=1S/C13H17N5O6/c1-17-2-6(15-16-17)3-18-4-7(12(22)14-13(18)23)11-10(21)9(20)8(5-19)24-11/h2,4,8-11,19-21H,3,5H2,1H3,(H,14,22,23). The number of H-pyrrole nitrogens is 1. The van der Waals surface area contributed by atoms with E-state index in [9.17, 15) is 19.8 Å². The highest BCUT2D eigenvalue weighted by molar-refractivity contribution is 5.15. The molecule has 130 valence electrons. The van der Waals surface area contributed by atoms with Crippen molar-refractivity contribution >= 4 is 0 Å². The van der Waals surface area contributed by atoms with Crippen LogP contribution in [-0.4, -0.2) is 64.8 Å². The molecule has 2 aromatic heterocycles. The first-order chi connectivity index (χ1) is 11.4. The predicted octanol–water partition coefficient (Wildman–Crippen LogP) is -3.13. The minimum absolute atomic E-state index is 0.0269. The molecule has 11 heteroatoms. The Labute approximate surface area is 134 Å². The van der Waals surface area contributed by atoms with E-state index < -0.39 is 42.3 Å². The number of aliphatic hydroxyl groups excluding tert-OH is 3. The van der Waals surface area contributed by atoms with Crippen LogP contribution < -0.4 is 11.2 Å². The molecule has 0 aliphatic carbocycles. The monoisotopic (exact) mass is 339 g/mol. The van der Waals surface area contributed by atoms with E-state index in [0.717, 1.165) is 0 Å². The summed E-state index contributed by atoms with van der Waals surface area (Å²) in [5.74, 6) is 0. The maximum absolute atomic E-state index is 12.0. The van der Waals surface area contributed by atoms with E-state index in [0.29, 0.717) is 5.69 Å². The third-order valence-corrected chi connectivity index (χ3v) is 3.87. The molecule has 24 heavy (non-hydrogen) atoms. The smallest absolute Gasteiger partial charge is 0.328 e. The average Bonchev–Trinajstić information content (AvgIpc) is 3.07. The van der Waals surface area contributed by atoms with Gasteiger partial charge in [-0.25, -0.2) is 4.79 Å². The van der Waals surface area contributed by atoms with E-state index in [-0.39, 0.29) is 12.1 Å². The van der Waals surface area contributed by atoms with Gasteiger partial charge < -0.3 is 20.1 Å². The van der Waals surface area contributed by atoms with E-state index in [1.54, 1.807) is 13.2 Å². The lowest BCUT2D eigenvalue weighted by Crippen LogP contribution is -2.36. The highest BCUT2D eigenvalue weighted by Crippen LogP contribution is 2.31. The van der Waals surface area contributed by atoms with Crippen molar-refractivity contribution in [2.24, 2.45) is 7.05 Å². The molecule has 0 amide bonds. The van der Waals surface area contributed by atoms with Crippen LogP contribution in [0.15, 0.2) is 22.0 Å². The third-order valence-electron chi connectivity index (χ3n) is 3.87. The molecule has 1 saturated heterocycles. The van der Waals surface area contributed by atoms with Crippen LogP contribution >= 0.6 is 0 Å². The van der Waals surface area contributed by atoms with Crippen molar-refractivity contribution < 1.29 is 20.1 Å². The predicted molar refractivity (Wildman–Crippen MR) is 78.1 cm³/mol. The van der Waals surface area contributed by atoms with Crippen LogP contribution in [0.2, 0.25) is 0 Å². The maximum atomic E-state index is 12.0. The van der Waals surface area contributed by atoms with E-state index in [1.165, 1.54) is 15.4 Å². The van der Waals surface area contributed by atoms with Gasteiger partial charge in [-0.3, -0.25) is 19.0 Å². The van der Waals surface area contributed by atoms with E-state index in [2.05, 4.69) is 15.3 Å². The molecule has 3 heterocycles. The minimum atomic E-state index is -1.40. The number of nitrogens with one attached hydrogen (secondary N) is 1. The number of ether oxygens (including phenoxy) is 1. The molecular weight excluding hydrogens is 322 g/mol. The van der Waals surface area contributed by atoms with Gasteiger partial charge in [-0.05, 0) is 0 Å². The number of hydrogen-bond acceptors (Lipinski definition) is 8. The number of hydrogen-bond donors (Lipinski definition) is 4. The zero-order valence-electron chi connectivity index (χ0n) is 12.7. The van der Waals surface area contributed by atoms with Crippen molar-refractivity contribution in [3.63, 3.8) is 0 Å². The Morgan fingerprint density at radius 1 is 1.29 bits per heavy atom. The third kappa shape index (κ3) is 2.89. The summed E-state index contributed by atoms with van der Waals surface area (Å²) in [7, 11) is 1.68. The molecule has 0 bridgehead atoms. The summed E-state index contributed by atoms with van der Waals surface area (Å²) in [5, 5.41) is 36.6. The van der Waals surface area contributed by atoms with Gasteiger partial charge in [0.15, 0.2) is 0 Å². The van der Waals surface area contributed by atoms with Crippen molar-refractivity contribution in [3.8, 4) is 0 Å². The Morgan fingerprint density at radius 3 is 2.62 bits per heavy atom. The molecule has 0 aromatic carbocycles. The Kier molecular flexibility index (Phi) is 4.32. The summed E-state index contributed by atoms with van der Waals surface area (Å²) in [6, 6.07) is 0. The quantitative estimate of drug-likeness (QED) is 0.455. The lowest BCUT2D eigenvalue weighted by molar-refractivity contribution is -0.0233. The molecule has 1 aliphatic rings. The minimum Gasteiger partial charge on any atom is -0.394 e. The van der Waals surface area contributed by atoms with Gasteiger partial charge in [0.1, 0.15) is 30.1 Å². The molecule has 3 rings (SSSR count). The Hall–Kier alpha value is -2.34. The van der Waals surface area contributed by atoms with Crippen molar-refractivity contribution in [1.82, 2.24) is 24.5 Å². The lowest BCUT2D eigenvalue weighted by Gasteiger charge is -2.15. The number of rotatable bonds is 4. The van der Waals surface area contributed by atoms with Crippen LogP contribution in [0.1, 0.15) is 17.4 Å². The Balaban J connectivity index is 1.96. The molecule has 11 nitrogen and oxygen atoms in total. The molecule has 2 aromatic rings. The number of nitrogens with zero attached hydrogens (tertiary/aromatic N) is 4. The zero-order valence-corrected chi connectivity index (χ0v) is 12.7. The zero-order chi connectivity index (χ0) is 17.4. The van der Waals surface area contributed by atoms with Crippen LogP contribution in [0.4, 0.5) is 0 Å². The fourth-order valence-corrected chi connectivity index (χ4v) is 2.65. The topological polar surface area (TPSA) is 155 Å². The van der Waals surface area contributed by atoms with E-state index >= 15 is 0 Å². The van der Waals surface area contributed by atoms with Crippen molar-refractivity contribution in [3.05, 3.63) is 44.5 Å². The molecule has 0 spiro atoms. The second-order valence-corrected chi connectivity index (χ2v) is 5.61. The summed E-state index contributed by atoms with van der Waals surface area (Å²) in [4.78, 5) is 26.1. The normalized spacial score (nSPS) is 26.8. The van der Waals surface area contributed by atoms with Crippen LogP contribution in [0, 0.1) is 0 Å². The molecule has 4 atom stereocenters. The van der Waals surface area contributed by atoms with Crippen LogP contribution in [0.25, 0.3) is 0 Å². The van der Waals surface area contributed by atoms with Gasteiger partial charge >= 0.3 is 5.69 Å².